The van der Waals surface area contributed by atoms with Crippen LogP contribution in [-0.4, -0.2) is 40.2 Å². The van der Waals surface area contributed by atoms with Crippen molar-refractivity contribution in [2.75, 3.05) is 19.6 Å². The number of halogens is 1. The summed E-state index contributed by atoms with van der Waals surface area (Å²) in [5, 5.41) is 4.46. The predicted molar refractivity (Wildman–Crippen MR) is 102 cm³/mol. The van der Waals surface area contributed by atoms with Crippen LogP contribution in [0.15, 0.2) is 36.5 Å². The van der Waals surface area contributed by atoms with Crippen molar-refractivity contribution in [1.82, 2.24) is 14.7 Å². The van der Waals surface area contributed by atoms with Gasteiger partial charge in [-0.1, -0.05) is 44.2 Å². The van der Waals surface area contributed by atoms with Gasteiger partial charge in [0, 0.05) is 32.3 Å². The van der Waals surface area contributed by atoms with Crippen molar-refractivity contribution in [3.8, 4) is 0 Å². The van der Waals surface area contributed by atoms with Crippen LogP contribution in [0.5, 0.6) is 0 Å². The zero-order valence-electron chi connectivity index (χ0n) is 15.1. The molecular formula is C19H27ClN4O. The second kappa shape index (κ2) is 8.02. The second-order valence-electron chi connectivity index (χ2n) is 6.98. The quantitative estimate of drug-likeness (QED) is 0.909. The number of hydrogen-bond donors (Lipinski definition) is 1. The van der Waals surface area contributed by atoms with Crippen molar-refractivity contribution in [3.63, 3.8) is 0 Å². The molecule has 1 aromatic carbocycles. The van der Waals surface area contributed by atoms with Gasteiger partial charge in [-0.15, -0.1) is 12.4 Å². The van der Waals surface area contributed by atoms with E-state index in [4.69, 9.17) is 5.73 Å². The predicted octanol–water partition coefficient (Wildman–Crippen LogP) is 2.78. The third-order valence-electron chi connectivity index (χ3n) is 4.89. The molecule has 0 unspecified atom stereocenters. The van der Waals surface area contributed by atoms with E-state index in [0.717, 1.165) is 17.8 Å². The van der Waals surface area contributed by atoms with Crippen LogP contribution < -0.4 is 5.73 Å². The van der Waals surface area contributed by atoms with Gasteiger partial charge in [-0.3, -0.25) is 9.48 Å². The number of benzene rings is 1. The van der Waals surface area contributed by atoms with Crippen LogP contribution in [0.4, 0.5) is 0 Å². The van der Waals surface area contributed by atoms with Crippen LogP contribution in [-0.2, 0) is 7.05 Å². The van der Waals surface area contributed by atoms with Crippen molar-refractivity contribution in [3.05, 3.63) is 53.3 Å². The van der Waals surface area contributed by atoms with E-state index in [1.165, 1.54) is 5.56 Å². The first-order valence-electron chi connectivity index (χ1n) is 8.59. The molecule has 0 aliphatic carbocycles. The Labute approximate surface area is 155 Å². The number of aryl methyl sites for hydroxylation is 1. The van der Waals surface area contributed by atoms with Crippen LogP contribution in [0.1, 0.15) is 47.3 Å². The molecular weight excluding hydrogens is 336 g/mol. The Kier molecular flexibility index (Phi) is 6.25. The molecule has 25 heavy (non-hydrogen) atoms. The first-order chi connectivity index (χ1) is 11.5. The first kappa shape index (κ1) is 19.5. The maximum atomic E-state index is 13.1. The highest BCUT2D eigenvalue weighted by atomic mass is 35.5. The largest absolute Gasteiger partial charge is 0.338 e. The van der Waals surface area contributed by atoms with E-state index in [2.05, 4.69) is 31.1 Å². The molecule has 1 fully saturated rings. The second-order valence-corrected chi connectivity index (χ2v) is 6.98. The zero-order valence-corrected chi connectivity index (χ0v) is 15.9. The molecule has 0 bridgehead atoms. The molecule has 2 atom stereocenters. The topological polar surface area (TPSA) is 64.2 Å². The summed E-state index contributed by atoms with van der Waals surface area (Å²) in [5.41, 5.74) is 8.84. The molecule has 5 nitrogen and oxygen atoms in total. The molecule has 2 aromatic rings. The summed E-state index contributed by atoms with van der Waals surface area (Å²) in [6, 6.07) is 10.4. The molecule has 0 spiro atoms. The molecule has 136 valence electrons. The van der Waals surface area contributed by atoms with Crippen molar-refractivity contribution >= 4 is 18.3 Å². The average Bonchev–Trinajstić information content (AvgIpc) is 3.18. The zero-order chi connectivity index (χ0) is 17.3. The lowest BCUT2D eigenvalue weighted by Crippen LogP contribution is -2.30. The molecule has 2 N–H and O–H groups in total. The SMILES string of the molecule is CC(C)c1nn(C)cc1C(=O)N1C[C@@H](CN)[C@H](c2ccccc2)C1.Cl. The number of nitrogens with two attached hydrogens (primary N) is 1. The molecule has 0 radical (unpaired) electrons. The summed E-state index contributed by atoms with van der Waals surface area (Å²) in [7, 11) is 1.86. The van der Waals surface area contributed by atoms with Gasteiger partial charge in [0.1, 0.15) is 0 Å². The van der Waals surface area contributed by atoms with E-state index in [0.29, 0.717) is 24.9 Å². The summed E-state index contributed by atoms with van der Waals surface area (Å²) >= 11 is 0. The van der Waals surface area contributed by atoms with E-state index in [-0.39, 0.29) is 24.2 Å². The standard InChI is InChI=1S/C19H26N4O.ClH/c1-13(2)18-17(11-22(3)21-18)19(24)23-10-15(9-20)16(12-23)14-7-5-4-6-8-14;/h4-8,11,13,15-16H,9-10,12,20H2,1-3H3;1H/t15-,16+;/m1./s1. The lowest BCUT2D eigenvalue weighted by molar-refractivity contribution is 0.0785. The van der Waals surface area contributed by atoms with Gasteiger partial charge in [0.05, 0.1) is 11.3 Å². The summed E-state index contributed by atoms with van der Waals surface area (Å²) in [6.07, 6.45) is 1.84. The summed E-state index contributed by atoms with van der Waals surface area (Å²) in [6.45, 7) is 6.16. The summed E-state index contributed by atoms with van der Waals surface area (Å²) in [4.78, 5) is 15.0. The number of carbonyl (C=O) groups excluding carboxylic acids is 1. The Morgan fingerprint density at radius 3 is 2.56 bits per heavy atom. The van der Waals surface area contributed by atoms with Gasteiger partial charge in [0.2, 0.25) is 0 Å². The first-order valence-corrected chi connectivity index (χ1v) is 8.59. The minimum absolute atomic E-state index is 0. The van der Waals surface area contributed by atoms with Crippen LogP contribution in [0.3, 0.4) is 0 Å². The Balaban J connectivity index is 0.00000225. The van der Waals surface area contributed by atoms with Crippen molar-refractivity contribution in [2.24, 2.45) is 18.7 Å². The number of likely N-dealkylation sites (tertiary alicyclic amines) is 1. The van der Waals surface area contributed by atoms with Gasteiger partial charge >= 0.3 is 0 Å². The number of rotatable bonds is 4. The van der Waals surface area contributed by atoms with Crippen molar-refractivity contribution in [2.45, 2.75) is 25.7 Å². The molecule has 2 heterocycles. The minimum Gasteiger partial charge on any atom is -0.338 e. The maximum Gasteiger partial charge on any atom is 0.257 e. The fourth-order valence-corrected chi connectivity index (χ4v) is 3.62. The minimum atomic E-state index is 0. The van der Waals surface area contributed by atoms with Gasteiger partial charge < -0.3 is 10.6 Å². The summed E-state index contributed by atoms with van der Waals surface area (Å²) < 4.78 is 1.73. The molecule has 1 aliphatic rings. The Bertz CT molecular complexity index is 713. The van der Waals surface area contributed by atoms with Crippen LogP contribution in [0, 0.1) is 5.92 Å². The van der Waals surface area contributed by atoms with Crippen molar-refractivity contribution in [1.29, 1.82) is 0 Å². The van der Waals surface area contributed by atoms with Crippen LogP contribution in [0.2, 0.25) is 0 Å². The monoisotopic (exact) mass is 362 g/mol. The van der Waals surface area contributed by atoms with Crippen LogP contribution >= 0.6 is 12.4 Å². The number of carbonyl (C=O) groups is 1. The molecule has 1 saturated heterocycles. The van der Waals surface area contributed by atoms with E-state index in [9.17, 15) is 4.79 Å². The van der Waals surface area contributed by atoms with Gasteiger partial charge in [-0.25, -0.2) is 0 Å². The average molecular weight is 363 g/mol. The normalized spacial score (nSPS) is 20.0. The van der Waals surface area contributed by atoms with E-state index in [1.807, 2.05) is 36.3 Å². The Hall–Kier alpha value is -1.85. The highest BCUT2D eigenvalue weighted by Crippen LogP contribution is 2.33. The third kappa shape index (κ3) is 3.88. The van der Waals surface area contributed by atoms with Gasteiger partial charge in [0.25, 0.3) is 5.91 Å². The molecule has 0 saturated carbocycles. The Morgan fingerprint density at radius 2 is 1.96 bits per heavy atom. The van der Waals surface area contributed by atoms with Crippen molar-refractivity contribution < 1.29 is 4.79 Å². The van der Waals surface area contributed by atoms with E-state index in [1.54, 1.807) is 4.68 Å². The number of aromatic nitrogens is 2. The molecule has 1 aliphatic heterocycles. The fourth-order valence-electron chi connectivity index (χ4n) is 3.62. The highest BCUT2D eigenvalue weighted by Gasteiger charge is 2.36. The van der Waals surface area contributed by atoms with Gasteiger partial charge in [-0.05, 0) is 23.9 Å². The molecule has 3 rings (SSSR count). The molecule has 1 amide bonds. The maximum absolute atomic E-state index is 13.1. The van der Waals surface area contributed by atoms with E-state index >= 15 is 0 Å². The number of amides is 1. The number of nitrogens with zero attached hydrogens (tertiary/aromatic N) is 3. The van der Waals surface area contributed by atoms with Crippen LogP contribution in [0.25, 0.3) is 0 Å². The van der Waals surface area contributed by atoms with Gasteiger partial charge in [-0.2, -0.15) is 5.10 Å². The molecule has 6 heteroatoms. The summed E-state index contributed by atoms with van der Waals surface area (Å²) in [5.74, 6) is 0.904. The van der Waals surface area contributed by atoms with E-state index < -0.39 is 0 Å². The Morgan fingerprint density at radius 1 is 1.28 bits per heavy atom. The lowest BCUT2D eigenvalue weighted by Gasteiger charge is -2.17. The smallest absolute Gasteiger partial charge is 0.257 e. The van der Waals surface area contributed by atoms with Gasteiger partial charge in [0.15, 0.2) is 0 Å². The number of hydrogen-bond acceptors (Lipinski definition) is 3. The fraction of sp³-hybridized carbons (Fsp3) is 0.474. The third-order valence-corrected chi connectivity index (χ3v) is 4.89. The highest BCUT2D eigenvalue weighted by molar-refractivity contribution is 5.95. The molecule has 1 aromatic heterocycles. The lowest BCUT2D eigenvalue weighted by atomic mass is 9.89.